The predicted molar refractivity (Wildman–Crippen MR) is 26.0 cm³/mol. The molecule has 0 saturated carbocycles. The molecule has 0 saturated heterocycles. The highest BCUT2D eigenvalue weighted by atomic mass is 16.2. The van der Waals surface area contributed by atoms with Crippen LogP contribution < -0.4 is 0 Å². The third kappa shape index (κ3) is 75.1. The summed E-state index contributed by atoms with van der Waals surface area (Å²) in [7, 11) is 0. The lowest BCUT2D eigenvalue weighted by molar-refractivity contribution is -0.191. The first kappa shape index (κ1) is 10.1. The monoisotopic (exact) mass is 116 g/mol. The number of rotatable bonds is 1. The molecule has 0 rings (SSSR count). The molecule has 0 aromatic carbocycles. The minimum atomic E-state index is 0.250. The van der Waals surface area contributed by atoms with Gasteiger partial charge in [-0.1, -0.05) is 6.92 Å². The number of Topliss-reactive ketones (excluding diaryl/α,β-unsaturated/α-hetero) is 1. The van der Waals surface area contributed by atoms with Crippen molar-refractivity contribution in [2.75, 3.05) is 0 Å². The van der Waals surface area contributed by atoms with E-state index in [0.717, 1.165) is 0 Å². The molecule has 0 aromatic rings. The highest BCUT2D eigenvalue weighted by Gasteiger charge is 1.76. The Morgan fingerprint density at radius 1 is 1.50 bits per heavy atom. The molecule has 3 heteroatoms. The Morgan fingerprint density at radius 3 is 1.62 bits per heavy atom. The second-order valence-corrected chi connectivity index (χ2v) is 1.14. The van der Waals surface area contributed by atoms with Gasteiger partial charge in [0.05, 0.1) is 0 Å². The van der Waals surface area contributed by atoms with Crippen LogP contribution in [0, 0.1) is 0 Å². The summed E-state index contributed by atoms with van der Waals surface area (Å²) < 4.78 is 0. The minimum absolute atomic E-state index is 0.250. The Morgan fingerprint density at radius 2 is 1.62 bits per heavy atom. The van der Waals surface area contributed by atoms with E-state index in [2.05, 4.69) is 0 Å². The maximum absolute atomic E-state index is 9.81. The van der Waals surface area contributed by atoms with Crippen molar-refractivity contribution < 1.29 is 14.4 Å². The van der Waals surface area contributed by atoms with E-state index in [-0.39, 0.29) is 11.9 Å². The van der Waals surface area contributed by atoms with E-state index >= 15 is 0 Å². The van der Waals surface area contributed by atoms with Crippen LogP contribution in [0.3, 0.4) is 0 Å². The zero-order chi connectivity index (χ0) is 6.99. The molecule has 0 aliphatic heterocycles. The van der Waals surface area contributed by atoms with Crippen LogP contribution in [-0.4, -0.2) is 11.9 Å². The normalized spacial score (nSPS) is 5.75. The zero-order valence-electron chi connectivity index (χ0n) is 4.93. The molecule has 0 unspecified atom stereocenters. The second kappa shape index (κ2) is 9.41. The van der Waals surface area contributed by atoms with E-state index in [4.69, 9.17) is 9.59 Å². The summed E-state index contributed by atoms with van der Waals surface area (Å²) in [6.07, 6.45) is 0.917. The summed E-state index contributed by atoms with van der Waals surface area (Å²) in [6.45, 7) is 3.43. The van der Waals surface area contributed by atoms with Crippen LogP contribution in [0.2, 0.25) is 0 Å². The lowest BCUT2D eigenvalue weighted by Gasteiger charge is -1.71. The fourth-order valence-electron chi connectivity index (χ4n) is 0. The number of hydrogen-bond acceptors (Lipinski definition) is 3. The van der Waals surface area contributed by atoms with Gasteiger partial charge in [-0.25, -0.2) is 0 Å². The summed E-state index contributed by atoms with van der Waals surface area (Å²) in [4.78, 5) is 26.1. The van der Waals surface area contributed by atoms with Gasteiger partial charge in [0.25, 0.3) is 0 Å². The van der Waals surface area contributed by atoms with Crippen molar-refractivity contribution in [3.05, 3.63) is 0 Å². The van der Waals surface area contributed by atoms with E-state index in [0.29, 0.717) is 6.42 Å². The van der Waals surface area contributed by atoms with Gasteiger partial charge >= 0.3 is 6.15 Å². The first-order chi connectivity index (χ1) is 3.68. The van der Waals surface area contributed by atoms with Crippen LogP contribution in [-0.2, 0) is 14.4 Å². The van der Waals surface area contributed by atoms with Crippen molar-refractivity contribution in [3.63, 3.8) is 0 Å². The first-order valence-electron chi connectivity index (χ1n) is 2.17. The van der Waals surface area contributed by atoms with Crippen molar-refractivity contribution in [2.45, 2.75) is 20.3 Å². The lowest BCUT2D eigenvalue weighted by atomic mass is 10.4. The lowest BCUT2D eigenvalue weighted by Crippen LogP contribution is -1.80. The van der Waals surface area contributed by atoms with Gasteiger partial charge in [-0.15, -0.1) is 0 Å². The second-order valence-electron chi connectivity index (χ2n) is 1.14. The standard InChI is InChI=1S/C4H8O.CO2/c1-3-4(2)5;2-1-3/h3H2,1-2H3;. The summed E-state index contributed by atoms with van der Waals surface area (Å²) in [5.41, 5.74) is 0. The van der Waals surface area contributed by atoms with Crippen molar-refractivity contribution in [2.24, 2.45) is 0 Å². The fourth-order valence-corrected chi connectivity index (χ4v) is 0. The van der Waals surface area contributed by atoms with Gasteiger partial charge < -0.3 is 4.79 Å². The third-order valence-electron chi connectivity index (χ3n) is 0.498. The largest absolute Gasteiger partial charge is 0.373 e. The molecule has 0 bridgehead atoms. The van der Waals surface area contributed by atoms with Crippen molar-refractivity contribution >= 4 is 11.9 Å². The molecule has 8 heavy (non-hydrogen) atoms. The minimum Gasteiger partial charge on any atom is -0.300 e. The van der Waals surface area contributed by atoms with Gasteiger partial charge in [-0.3, -0.25) is 0 Å². The molecule has 0 aliphatic rings. The number of hydrogen-bond donors (Lipinski definition) is 0. The molecule has 0 fully saturated rings. The molecule has 3 nitrogen and oxygen atoms in total. The average Bonchev–Trinajstić information content (AvgIpc) is 1.69. The third-order valence-corrected chi connectivity index (χ3v) is 0.498. The Bertz CT molecular complexity index is 89.8. The first-order valence-corrected chi connectivity index (χ1v) is 2.17. The number of ketones is 1. The van der Waals surface area contributed by atoms with Gasteiger partial charge in [0, 0.05) is 6.42 Å². The molecular weight excluding hydrogens is 108 g/mol. The highest BCUT2D eigenvalue weighted by molar-refractivity contribution is 5.74. The van der Waals surface area contributed by atoms with Gasteiger partial charge in [0.1, 0.15) is 5.78 Å². The highest BCUT2D eigenvalue weighted by Crippen LogP contribution is 1.71. The van der Waals surface area contributed by atoms with Gasteiger partial charge in [-0.2, -0.15) is 9.59 Å². The Kier molecular flexibility index (Phi) is 11.9. The van der Waals surface area contributed by atoms with Gasteiger partial charge in [0.15, 0.2) is 0 Å². The summed E-state index contributed by atoms with van der Waals surface area (Å²) in [5, 5.41) is 0. The van der Waals surface area contributed by atoms with Crippen LogP contribution >= 0.6 is 0 Å². The number of carbonyl (C=O) groups excluding carboxylic acids is 3. The molecule has 0 heterocycles. The summed E-state index contributed by atoms with van der Waals surface area (Å²) in [5.74, 6) is 0.255. The van der Waals surface area contributed by atoms with Crippen LogP contribution in [0.25, 0.3) is 0 Å². The van der Waals surface area contributed by atoms with Crippen LogP contribution in [0.4, 0.5) is 0 Å². The molecular formula is C5H8O3. The van der Waals surface area contributed by atoms with Gasteiger partial charge in [0.2, 0.25) is 0 Å². The quantitative estimate of drug-likeness (QED) is 0.498. The average molecular weight is 116 g/mol. The van der Waals surface area contributed by atoms with E-state index in [1.165, 1.54) is 0 Å². The summed E-state index contributed by atoms with van der Waals surface area (Å²) in [6, 6.07) is 0. The topological polar surface area (TPSA) is 51.2 Å². The summed E-state index contributed by atoms with van der Waals surface area (Å²) >= 11 is 0. The molecule has 0 atom stereocenters. The SMILES string of the molecule is CCC(C)=O.O=C=O. The maximum atomic E-state index is 9.81. The Hall–Kier alpha value is -0.950. The van der Waals surface area contributed by atoms with Gasteiger partial charge in [-0.05, 0) is 6.92 Å². The van der Waals surface area contributed by atoms with Crippen molar-refractivity contribution in [1.29, 1.82) is 0 Å². The molecule has 0 aromatic heterocycles. The van der Waals surface area contributed by atoms with Crippen LogP contribution in [0.1, 0.15) is 20.3 Å². The molecule has 0 radical (unpaired) electrons. The van der Waals surface area contributed by atoms with E-state index in [1.54, 1.807) is 6.92 Å². The van der Waals surface area contributed by atoms with E-state index in [9.17, 15) is 4.79 Å². The molecule has 0 N–H and O–H groups in total. The molecule has 0 spiro atoms. The number of carbonyl (C=O) groups is 1. The van der Waals surface area contributed by atoms with E-state index < -0.39 is 0 Å². The predicted octanol–water partition coefficient (Wildman–Crippen LogP) is 0.402. The smallest absolute Gasteiger partial charge is 0.300 e. The van der Waals surface area contributed by atoms with Crippen molar-refractivity contribution in [1.82, 2.24) is 0 Å². The zero-order valence-corrected chi connectivity index (χ0v) is 4.93. The van der Waals surface area contributed by atoms with Crippen LogP contribution in [0.5, 0.6) is 0 Å². The fraction of sp³-hybridized carbons (Fsp3) is 0.600. The molecule has 0 aliphatic carbocycles. The van der Waals surface area contributed by atoms with Crippen LogP contribution in [0.15, 0.2) is 0 Å². The van der Waals surface area contributed by atoms with Crippen molar-refractivity contribution in [3.8, 4) is 0 Å². The molecule has 46 valence electrons. The molecule has 0 amide bonds. The van der Waals surface area contributed by atoms with E-state index in [1.807, 2.05) is 6.92 Å². The maximum Gasteiger partial charge on any atom is 0.373 e. The Labute approximate surface area is 47.7 Å². The Balaban J connectivity index is 0.